The highest BCUT2D eigenvalue weighted by Crippen LogP contribution is 2.30. The van der Waals surface area contributed by atoms with Gasteiger partial charge in [0.2, 0.25) is 0 Å². The minimum Gasteiger partial charge on any atom is -0.479 e. The molecule has 0 saturated heterocycles. The lowest BCUT2D eigenvalue weighted by molar-refractivity contribution is -0.139. The average Bonchev–Trinajstić information content (AvgIpc) is 3.43. The molecule has 1 aliphatic rings. The summed E-state index contributed by atoms with van der Waals surface area (Å²) in [7, 11) is 2.46. The molecule has 0 atom stereocenters. The highest BCUT2D eigenvalue weighted by atomic mass is 16.5. The minimum atomic E-state index is -0.701. The molecule has 0 spiro atoms. The quantitative estimate of drug-likeness (QED) is 0.453. The fourth-order valence-electron chi connectivity index (χ4n) is 2.82. The molecule has 0 radical (unpaired) electrons. The number of ether oxygens (including phenoxy) is 3. The number of nitrogens with one attached hydrogen (secondary N) is 3. The first-order valence-corrected chi connectivity index (χ1v) is 8.62. The number of nitrogens with zero attached hydrogens (tertiary/aromatic N) is 2. The normalized spacial score (nSPS) is 14.5. The molecule has 11 heteroatoms. The number of carbonyl (C=O) groups is 3. The van der Waals surface area contributed by atoms with E-state index in [1.165, 1.54) is 26.5 Å². The van der Waals surface area contributed by atoms with Crippen LogP contribution >= 0.6 is 0 Å². The second kappa shape index (κ2) is 8.42. The summed E-state index contributed by atoms with van der Waals surface area (Å²) in [5.74, 6) is -1.16. The van der Waals surface area contributed by atoms with Crippen molar-refractivity contribution in [1.29, 1.82) is 0 Å². The van der Waals surface area contributed by atoms with Gasteiger partial charge in [0.25, 0.3) is 5.91 Å². The molecule has 0 fully saturated rings. The van der Waals surface area contributed by atoms with Crippen molar-refractivity contribution in [1.82, 2.24) is 20.4 Å². The van der Waals surface area contributed by atoms with Gasteiger partial charge in [0.05, 0.1) is 44.1 Å². The first kappa shape index (κ1) is 19.9. The molecule has 0 bridgehead atoms. The van der Waals surface area contributed by atoms with Crippen molar-refractivity contribution in [2.45, 2.75) is 13.3 Å². The van der Waals surface area contributed by atoms with Crippen LogP contribution in [0.4, 0.5) is 0 Å². The van der Waals surface area contributed by atoms with Crippen LogP contribution in [-0.4, -0.2) is 59.3 Å². The van der Waals surface area contributed by atoms with Crippen LogP contribution < -0.4 is 10.2 Å². The highest BCUT2D eigenvalue weighted by molar-refractivity contribution is 6.32. The number of aromatic nitrogens is 3. The topological polar surface area (TPSA) is 148 Å². The number of imidazole rings is 1. The van der Waals surface area contributed by atoms with Gasteiger partial charge in [0, 0.05) is 18.0 Å². The first-order chi connectivity index (χ1) is 14.0. The Bertz CT molecular complexity index is 1000. The van der Waals surface area contributed by atoms with Gasteiger partial charge in [-0.05, 0) is 13.0 Å². The van der Waals surface area contributed by atoms with Crippen LogP contribution in [0, 0.1) is 0 Å². The number of esters is 2. The van der Waals surface area contributed by atoms with Crippen molar-refractivity contribution in [3.05, 3.63) is 40.6 Å². The van der Waals surface area contributed by atoms with Crippen molar-refractivity contribution in [3.63, 3.8) is 0 Å². The maximum absolute atomic E-state index is 12.5. The van der Waals surface area contributed by atoms with Gasteiger partial charge in [-0.15, -0.1) is 0 Å². The van der Waals surface area contributed by atoms with Gasteiger partial charge in [0.1, 0.15) is 5.71 Å². The Balaban J connectivity index is 2.15. The van der Waals surface area contributed by atoms with E-state index in [9.17, 15) is 14.4 Å². The Kier molecular flexibility index (Phi) is 5.77. The van der Waals surface area contributed by atoms with E-state index in [4.69, 9.17) is 14.2 Å². The van der Waals surface area contributed by atoms with E-state index < -0.39 is 17.8 Å². The van der Waals surface area contributed by atoms with Crippen LogP contribution in [0.3, 0.4) is 0 Å². The number of amides is 1. The van der Waals surface area contributed by atoms with Crippen LogP contribution in [0.1, 0.15) is 34.4 Å². The van der Waals surface area contributed by atoms with Crippen LogP contribution in [-0.2, 0) is 25.5 Å². The van der Waals surface area contributed by atoms with Gasteiger partial charge in [-0.1, -0.05) is 0 Å². The predicted octanol–water partition coefficient (Wildman–Crippen LogP) is 0.556. The number of H-pyrrole nitrogens is 2. The summed E-state index contributed by atoms with van der Waals surface area (Å²) in [5.41, 5.74) is 3.37. The van der Waals surface area contributed by atoms with E-state index in [0.29, 0.717) is 5.82 Å². The fraction of sp³-hybridized carbons (Fsp3) is 0.278. The highest BCUT2D eigenvalue weighted by Gasteiger charge is 2.30. The fourth-order valence-corrected chi connectivity index (χ4v) is 2.82. The summed E-state index contributed by atoms with van der Waals surface area (Å²) in [5, 5.41) is 3.98. The molecule has 3 rings (SSSR count). The molecule has 0 saturated carbocycles. The third kappa shape index (κ3) is 3.88. The van der Waals surface area contributed by atoms with Gasteiger partial charge in [0.15, 0.2) is 11.7 Å². The van der Waals surface area contributed by atoms with Gasteiger partial charge >= 0.3 is 11.9 Å². The van der Waals surface area contributed by atoms with Gasteiger partial charge < -0.3 is 24.2 Å². The SMILES string of the molecule is CCOc1[nH]c(C=C2C(=O)NN=C2c2ncc[nH]2)c(C(=O)OC)c1CC(=O)OC. The van der Waals surface area contributed by atoms with Crippen molar-refractivity contribution in [3.8, 4) is 5.88 Å². The number of methoxy groups -OCH3 is 2. The van der Waals surface area contributed by atoms with Crippen LogP contribution in [0.15, 0.2) is 23.1 Å². The summed E-state index contributed by atoms with van der Waals surface area (Å²) >= 11 is 0. The first-order valence-electron chi connectivity index (χ1n) is 8.62. The molecule has 0 aromatic carbocycles. The molecule has 0 aliphatic carbocycles. The zero-order chi connectivity index (χ0) is 21.0. The van der Waals surface area contributed by atoms with Gasteiger partial charge in [-0.2, -0.15) is 5.10 Å². The average molecular weight is 401 g/mol. The number of rotatable bonds is 7. The van der Waals surface area contributed by atoms with Gasteiger partial charge in [-0.25, -0.2) is 15.2 Å². The molecular weight excluding hydrogens is 382 g/mol. The maximum atomic E-state index is 12.5. The molecule has 1 amide bonds. The van der Waals surface area contributed by atoms with E-state index in [-0.39, 0.29) is 47.0 Å². The molecule has 11 nitrogen and oxygen atoms in total. The van der Waals surface area contributed by atoms with E-state index >= 15 is 0 Å². The largest absolute Gasteiger partial charge is 0.479 e. The predicted molar refractivity (Wildman–Crippen MR) is 100 cm³/mol. The summed E-state index contributed by atoms with van der Waals surface area (Å²) in [6, 6.07) is 0. The standard InChI is InChI=1S/C18H19N5O6/c1-4-29-17-9(8-12(24)27-2)13(18(26)28-3)11(21-17)7-10-14(22-23-16(10)25)15-19-5-6-20-15/h5-7,21H,4,8H2,1-3H3,(H,19,20)(H,23,25). The Morgan fingerprint density at radius 2 is 2.03 bits per heavy atom. The number of hydrazone groups is 1. The molecule has 1 aliphatic heterocycles. The molecule has 29 heavy (non-hydrogen) atoms. The van der Waals surface area contributed by atoms with E-state index in [0.717, 1.165) is 0 Å². The molecule has 0 unspecified atom stereocenters. The summed E-state index contributed by atoms with van der Waals surface area (Å²) in [4.78, 5) is 46.5. The number of hydrogen-bond donors (Lipinski definition) is 3. The van der Waals surface area contributed by atoms with Gasteiger partial charge in [-0.3, -0.25) is 9.59 Å². The lowest BCUT2D eigenvalue weighted by Gasteiger charge is -2.06. The zero-order valence-electron chi connectivity index (χ0n) is 16.0. The van der Waals surface area contributed by atoms with Crippen LogP contribution in [0.5, 0.6) is 5.88 Å². The molecule has 3 N–H and O–H groups in total. The zero-order valence-corrected chi connectivity index (χ0v) is 16.0. The van der Waals surface area contributed by atoms with E-state index in [1.807, 2.05) is 0 Å². The number of carbonyl (C=O) groups excluding carboxylic acids is 3. The third-order valence-corrected chi connectivity index (χ3v) is 4.10. The third-order valence-electron chi connectivity index (χ3n) is 4.10. The summed E-state index contributed by atoms with van der Waals surface area (Å²) in [6.45, 7) is 2.04. The molecule has 3 heterocycles. The Labute approximate surface area is 165 Å². The van der Waals surface area contributed by atoms with E-state index in [2.05, 4.69) is 25.5 Å². The lowest BCUT2D eigenvalue weighted by atomic mass is 10.0. The summed E-state index contributed by atoms with van der Waals surface area (Å²) in [6.07, 6.45) is 4.32. The Morgan fingerprint density at radius 3 is 2.66 bits per heavy atom. The van der Waals surface area contributed by atoms with E-state index in [1.54, 1.807) is 13.1 Å². The molecule has 2 aromatic rings. The minimum absolute atomic E-state index is 0.0624. The Hall–Kier alpha value is -3.89. The maximum Gasteiger partial charge on any atom is 0.340 e. The second-order valence-corrected chi connectivity index (χ2v) is 5.80. The number of hydrogen-bond acceptors (Lipinski definition) is 8. The molecule has 152 valence electrons. The van der Waals surface area contributed by atoms with Crippen molar-refractivity contribution < 1.29 is 28.6 Å². The van der Waals surface area contributed by atoms with Crippen LogP contribution in [0.25, 0.3) is 6.08 Å². The molecular formula is C18H19N5O6. The van der Waals surface area contributed by atoms with Crippen LogP contribution in [0.2, 0.25) is 0 Å². The second-order valence-electron chi connectivity index (χ2n) is 5.80. The van der Waals surface area contributed by atoms with Crippen molar-refractivity contribution in [2.24, 2.45) is 5.10 Å². The van der Waals surface area contributed by atoms with Crippen molar-refractivity contribution >= 4 is 29.6 Å². The smallest absolute Gasteiger partial charge is 0.340 e. The monoisotopic (exact) mass is 401 g/mol. The molecule has 2 aromatic heterocycles. The Morgan fingerprint density at radius 1 is 1.24 bits per heavy atom. The lowest BCUT2D eigenvalue weighted by Crippen LogP contribution is -2.15. The number of aromatic amines is 2. The van der Waals surface area contributed by atoms with Crippen molar-refractivity contribution in [2.75, 3.05) is 20.8 Å². The summed E-state index contributed by atoms with van der Waals surface area (Å²) < 4.78 is 15.1.